The summed E-state index contributed by atoms with van der Waals surface area (Å²) >= 11 is 0. The van der Waals surface area contributed by atoms with Crippen LogP contribution in [-0.4, -0.2) is 23.9 Å². The number of nitrogens with two attached hydrogens (primary N) is 1. The van der Waals surface area contributed by atoms with E-state index in [2.05, 4.69) is 13.8 Å². The molecule has 3 N–H and O–H groups in total. The van der Waals surface area contributed by atoms with Crippen molar-refractivity contribution in [2.24, 2.45) is 11.3 Å². The SMILES string of the molecule is CCC1(C)CCN(C(=O)c2cc(F)c(NN)c(F)c2)CC1. The highest BCUT2D eigenvalue weighted by atomic mass is 19.1. The number of carbonyl (C=O) groups excluding carboxylic acids is 1. The molecular formula is C15H21F2N3O. The van der Waals surface area contributed by atoms with E-state index in [4.69, 9.17) is 5.84 Å². The number of nitrogens with zero attached hydrogens (tertiary/aromatic N) is 1. The fourth-order valence-electron chi connectivity index (χ4n) is 2.62. The summed E-state index contributed by atoms with van der Waals surface area (Å²) in [6.45, 7) is 5.57. The van der Waals surface area contributed by atoms with Crippen molar-refractivity contribution in [2.45, 2.75) is 33.1 Å². The molecule has 116 valence electrons. The van der Waals surface area contributed by atoms with Crippen molar-refractivity contribution < 1.29 is 13.6 Å². The molecule has 1 fully saturated rings. The highest BCUT2D eigenvalue weighted by Crippen LogP contribution is 2.34. The monoisotopic (exact) mass is 297 g/mol. The fourth-order valence-corrected chi connectivity index (χ4v) is 2.62. The van der Waals surface area contributed by atoms with Crippen molar-refractivity contribution in [2.75, 3.05) is 18.5 Å². The van der Waals surface area contributed by atoms with Gasteiger partial charge in [0, 0.05) is 18.7 Å². The second-order valence-electron chi connectivity index (χ2n) is 5.92. The zero-order valence-corrected chi connectivity index (χ0v) is 12.4. The van der Waals surface area contributed by atoms with Gasteiger partial charge in [-0.15, -0.1) is 0 Å². The Bertz CT molecular complexity index is 517. The van der Waals surface area contributed by atoms with E-state index in [0.29, 0.717) is 13.1 Å². The molecule has 0 unspecified atom stereocenters. The molecule has 4 nitrogen and oxygen atoms in total. The summed E-state index contributed by atoms with van der Waals surface area (Å²) in [4.78, 5) is 14.0. The third-order valence-electron chi connectivity index (χ3n) is 4.54. The molecule has 0 aliphatic carbocycles. The van der Waals surface area contributed by atoms with Crippen LogP contribution in [0.25, 0.3) is 0 Å². The number of rotatable bonds is 3. The van der Waals surface area contributed by atoms with Crippen molar-refractivity contribution in [1.82, 2.24) is 4.90 Å². The number of hydrogen-bond acceptors (Lipinski definition) is 3. The molecule has 1 saturated heterocycles. The third kappa shape index (κ3) is 3.15. The van der Waals surface area contributed by atoms with Gasteiger partial charge in [0.15, 0.2) is 11.6 Å². The number of nitrogens with one attached hydrogen (secondary N) is 1. The van der Waals surface area contributed by atoms with Gasteiger partial charge in [0.25, 0.3) is 5.91 Å². The van der Waals surface area contributed by atoms with Crippen molar-refractivity contribution in [1.29, 1.82) is 0 Å². The van der Waals surface area contributed by atoms with E-state index >= 15 is 0 Å². The number of halogens is 2. The lowest BCUT2D eigenvalue weighted by atomic mass is 9.78. The number of amides is 1. The van der Waals surface area contributed by atoms with Gasteiger partial charge in [-0.05, 0) is 30.4 Å². The number of anilines is 1. The average Bonchev–Trinajstić information content (AvgIpc) is 2.47. The van der Waals surface area contributed by atoms with Gasteiger partial charge in [0.1, 0.15) is 5.69 Å². The van der Waals surface area contributed by atoms with E-state index in [1.807, 2.05) is 5.43 Å². The second-order valence-corrected chi connectivity index (χ2v) is 5.92. The van der Waals surface area contributed by atoms with Gasteiger partial charge < -0.3 is 10.3 Å². The molecule has 6 heteroatoms. The number of hydrogen-bond donors (Lipinski definition) is 2. The summed E-state index contributed by atoms with van der Waals surface area (Å²) in [5.41, 5.74) is 1.79. The molecule has 1 amide bonds. The number of carbonyl (C=O) groups is 1. The lowest BCUT2D eigenvalue weighted by Gasteiger charge is -2.39. The van der Waals surface area contributed by atoms with Crippen LogP contribution in [0.5, 0.6) is 0 Å². The Morgan fingerprint density at radius 1 is 1.33 bits per heavy atom. The lowest BCUT2D eigenvalue weighted by Crippen LogP contribution is -2.42. The maximum Gasteiger partial charge on any atom is 0.254 e. The van der Waals surface area contributed by atoms with Crippen LogP contribution in [0.4, 0.5) is 14.5 Å². The predicted octanol–water partition coefficient (Wildman–Crippen LogP) is 2.90. The molecule has 0 atom stereocenters. The topological polar surface area (TPSA) is 58.4 Å². The van der Waals surface area contributed by atoms with Gasteiger partial charge in [0.05, 0.1) is 0 Å². The highest BCUT2D eigenvalue weighted by Gasteiger charge is 2.31. The first-order chi connectivity index (χ1) is 9.90. The molecule has 1 heterocycles. The second kappa shape index (κ2) is 5.97. The summed E-state index contributed by atoms with van der Waals surface area (Å²) in [6.07, 6.45) is 2.88. The van der Waals surface area contributed by atoms with Gasteiger partial charge >= 0.3 is 0 Å². The predicted molar refractivity (Wildman–Crippen MR) is 77.7 cm³/mol. The van der Waals surface area contributed by atoms with E-state index < -0.39 is 17.3 Å². The Hall–Kier alpha value is -1.69. The van der Waals surface area contributed by atoms with E-state index in [0.717, 1.165) is 31.4 Å². The Labute approximate surface area is 123 Å². The standard InChI is InChI=1S/C15H21F2N3O/c1-3-15(2)4-6-20(7-5-15)14(21)10-8-11(16)13(19-18)12(17)9-10/h8-9,19H,3-7,18H2,1-2H3. The maximum absolute atomic E-state index is 13.7. The van der Waals surface area contributed by atoms with E-state index in [1.54, 1.807) is 4.90 Å². The normalized spacial score (nSPS) is 17.7. The van der Waals surface area contributed by atoms with E-state index in [9.17, 15) is 13.6 Å². The Balaban J connectivity index is 2.15. The van der Waals surface area contributed by atoms with Gasteiger partial charge in [-0.3, -0.25) is 10.6 Å². The van der Waals surface area contributed by atoms with Crippen molar-refractivity contribution >= 4 is 11.6 Å². The minimum absolute atomic E-state index is 0.0177. The number of hydrazine groups is 1. The summed E-state index contributed by atoms with van der Waals surface area (Å²) in [6, 6.07) is 2.04. The molecule has 0 aromatic heterocycles. The number of likely N-dealkylation sites (tertiary alicyclic amines) is 1. The largest absolute Gasteiger partial charge is 0.339 e. The number of nitrogen functional groups attached to an aromatic ring is 1. The Morgan fingerprint density at radius 3 is 2.29 bits per heavy atom. The molecule has 1 aliphatic rings. The van der Waals surface area contributed by atoms with E-state index in [-0.39, 0.29) is 16.9 Å². The summed E-state index contributed by atoms with van der Waals surface area (Å²) in [5.74, 6) is 2.97. The number of piperidine rings is 1. The number of benzene rings is 1. The van der Waals surface area contributed by atoms with Crippen LogP contribution in [0, 0.1) is 17.0 Å². The van der Waals surface area contributed by atoms with Crippen LogP contribution >= 0.6 is 0 Å². The summed E-state index contributed by atoms with van der Waals surface area (Å²) < 4.78 is 27.3. The van der Waals surface area contributed by atoms with Crippen LogP contribution in [0.3, 0.4) is 0 Å². The maximum atomic E-state index is 13.7. The van der Waals surface area contributed by atoms with Crippen molar-refractivity contribution in [3.8, 4) is 0 Å². The van der Waals surface area contributed by atoms with Crippen molar-refractivity contribution in [3.05, 3.63) is 29.3 Å². The smallest absolute Gasteiger partial charge is 0.254 e. The molecule has 21 heavy (non-hydrogen) atoms. The Kier molecular flexibility index (Phi) is 4.46. The molecule has 0 bridgehead atoms. The van der Waals surface area contributed by atoms with Crippen LogP contribution in [0.1, 0.15) is 43.5 Å². The van der Waals surface area contributed by atoms with Gasteiger partial charge in [-0.25, -0.2) is 8.78 Å². The van der Waals surface area contributed by atoms with Crippen LogP contribution in [0.15, 0.2) is 12.1 Å². The zero-order valence-electron chi connectivity index (χ0n) is 12.4. The van der Waals surface area contributed by atoms with Crippen LogP contribution < -0.4 is 11.3 Å². The minimum Gasteiger partial charge on any atom is -0.339 e. The lowest BCUT2D eigenvalue weighted by molar-refractivity contribution is 0.0599. The highest BCUT2D eigenvalue weighted by molar-refractivity contribution is 5.94. The first-order valence-corrected chi connectivity index (χ1v) is 7.15. The third-order valence-corrected chi connectivity index (χ3v) is 4.54. The minimum atomic E-state index is -0.865. The van der Waals surface area contributed by atoms with E-state index in [1.165, 1.54) is 0 Å². The van der Waals surface area contributed by atoms with Gasteiger partial charge in [-0.1, -0.05) is 20.3 Å². The quantitative estimate of drug-likeness (QED) is 0.666. The zero-order chi connectivity index (χ0) is 15.6. The molecular weight excluding hydrogens is 276 g/mol. The first kappa shape index (κ1) is 15.7. The molecule has 1 aromatic carbocycles. The molecule has 1 aliphatic heterocycles. The Morgan fingerprint density at radius 2 is 1.86 bits per heavy atom. The van der Waals surface area contributed by atoms with Crippen LogP contribution in [0.2, 0.25) is 0 Å². The van der Waals surface area contributed by atoms with Crippen molar-refractivity contribution in [3.63, 3.8) is 0 Å². The van der Waals surface area contributed by atoms with Gasteiger partial charge in [-0.2, -0.15) is 0 Å². The fraction of sp³-hybridized carbons (Fsp3) is 0.533. The molecule has 0 radical (unpaired) electrons. The average molecular weight is 297 g/mol. The molecule has 1 aromatic rings. The van der Waals surface area contributed by atoms with Crippen LogP contribution in [-0.2, 0) is 0 Å². The summed E-state index contributed by atoms with van der Waals surface area (Å²) in [7, 11) is 0. The molecule has 0 saturated carbocycles. The molecule has 0 spiro atoms. The van der Waals surface area contributed by atoms with Gasteiger partial charge in [0.2, 0.25) is 0 Å². The first-order valence-electron chi connectivity index (χ1n) is 7.15. The molecule has 2 rings (SSSR count). The summed E-state index contributed by atoms with van der Waals surface area (Å²) in [5, 5.41) is 0.